The normalized spacial score (nSPS) is 15.3. The number of methoxy groups -OCH3 is 1. The fraction of sp³-hybridized carbons (Fsp3) is 0.556. The zero-order valence-corrected chi connectivity index (χ0v) is 17.7. The van der Waals surface area contributed by atoms with Crippen molar-refractivity contribution in [2.24, 2.45) is 5.41 Å². The van der Waals surface area contributed by atoms with Crippen molar-refractivity contribution in [3.8, 4) is 0 Å². The molecule has 1 aliphatic rings. The monoisotopic (exact) mass is 420 g/mol. The highest BCUT2D eigenvalue weighted by Crippen LogP contribution is 2.31. The van der Waals surface area contributed by atoms with E-state index in [-0.39, 0.29) is 36.6 Å². The molecular weight excluding hydrogens is 391 g/mol. The van der Waals surface area contributed by atoms with Crippen molar-refractivity contribution in [1.82, 2.24) is 10.2 Å². The molecule has 1 saturated heterocycles. The van der Waals surface area contributed by atoms with Crippen LogP contribution in [0.3, 0.4) is 0 Å². The predicted molar refractivity (Wildman–Crippen MR) is 113 cm³/mol. The second kappa shape index (κ2) is 12.2. The van der Waals surface area contributed by atoms with Gasteiger partial charge in [0.25, 0.3) is 0 Å². The summed E-state index contributed by atoms with van der Waals surface area (Å²) < 4.78 is 5.30. The van der Waals surface area contributed by atoms with Crippen LogP contribution in [0.5, 0.6) is 0 Å². The summed E-state index contributed by atoms with van der Waals surface area (Å²) in [6.07, 6.45) is 1.51. The molecule has 0 aromatic heterocycles. The minimum absolute atomic E-state index is 0. The number of amides is 2. The van der Waals surface area contributed by atoms with Crippen LogP contribution in [0.15, 0.2) is 24.3 Å². The Labute approximate surface area is 173 Å². The lowest BCUT2D eigenvalue weighted by Gasteiger charge is -2.35. The van der Waals surface area contributed by atoms with Gasteiger partial charge in [0.05, 0.1) is 18.6 Å². The number of ether oxygens (including phenoxy) is 1. The van der Waals surface area contributed by atoms with E-state index in [1.54, 1.807) is 36.3 Å². The zero-order valence-electron chi connectivity index (χ0n) is 16.0. The van der Waals surface area contributed by atoms with Gasteiger partial charge in [0.2, 0.25) is 11.8 Å². The minimum Gasteiger partial charge on any atom is -0.384 e. The van der Waals surface area contributed by atoms with Gasteiger partial charge in [-0.1, -0.05) is 0 Å². The molecule has 1 aromatic rings. The van der Waals surface area contributed by atoms with Crippen molar-refractivity contribution in [3.63, 3.8) is 0 Å². The number of likely N-dealkylation sites (N-methyl/N-ethyl adjacent to an activating group) is 1. The standard InChI is InChI=1S/C18H28N4O3.2ClH/c1-22(2)12-16(23)20-14-4-6-15(7-5-14)21-17(24)18(13-25-3)8-10-19-11-9-18;;/h4-7,19H,8-13H2,1-3H3,(H,20,23)(H,21,24);2*1H. The maximum Gasteiger partial charge on any atom is 0.238 e. The molecule has 7 nitrogen and oxygen atoms in total. The van der Waals surface area contributed by atoms with Crippen LogP contribution < -0.4 is 16.0 Å². The molecule has 154 valence electrons. The molecular formula is C18H30Cl2N4O3. The van der Waals surface area contributed by atoms with E-state index < -0.39 is 5.41 Å². The Morgan fingerprint density at radius 2 is 1.59 bits per heavy atom. The SMILES string of the molecule is COCC1(C(=O)Nc2ccc(NC(=O)CN(C)C)cc2)CCNCC1.Cl.Cl. The summed E-state index contributed by atoms with van der Waals surface area (Å²) in [6, 6.07) is 7.17. The van der Waals surface area contributed by atoms with Gasteiger partial charge in [-0.15, -0.1) is 24.8 Å². The molecule has 0 spiro atoms. The van der Waals surface area contributed by atoms with Crippen LogP contribution in [0.2, 0.25) is 0 Å². The number of nitrogens with zero attached hydrogens (tertiary/aromatic N) is 1. The average Bonchev–Trinajstić information content (AvgIpc) is 2.57. The summed E-state index contributed by atoms with van der Waals surface area (Å²) in [7, 11) is 5.31. The average molecular weight is 421 g/mol. The third-order valence-electron chi connectivity index (χ3n) is 4.35. The molecule has 0 saturated carbocycles. The van der Waals surface area contributed by atoms with Gasteiger partial charge in [-0.2, -0.15) is 0 Å². The van der Waals surface area contributed by atoms with Crippen LogP contribution in [-0.2, 0) is 14.3 Å². The molecule has 3 N–H and O–H groups in total. The highest BCUT2D eigenvalue weighted by Gasteiger charge is 2.39. The molecule has 0 atom stereocenters. The number of carbonyl (C=O) groups is 2. The third kappa shape index (κ3) is 7.63. The predicted octanol–water partition coefficient (Wildman–Crippen LogP) is 1.99. The maximum atomic E-state index is 12.8. The summed E-state index contributed by atoms with van der Waals surface area (Å²) >= 11 is 0. The number of anilines is 2. The maximum absolute atomic E-state index is 12.8. The van der Waals surface area contributed by atoms with Gasteiger partial charge in [-0.25, -0.2) is 0 Å². The second-order valence-electron chi connectivity index (χ2n) is 6.78. The van der Waals surface area contributed by atoms with Crippen molar-refractivity contribution < 1.29 is 14.3 Å². The number of hydrogen-bond acceptors (Lipinski definition) is 5. The first-order chi connectivity index (χ1) is 11.9. The highest BCUT2D eigenvalue weighted by atomic mass is 35.5. The number of carbonyl (C=O) groups excluding carboxylic acids is 2. The molecule has 27 heavy (non-hydrogen) atoms. The van der Waals surface area contributed by atoms with Crippen LogP contribution in [0.4, 0.5) is 11.4 Å². The van der Waals surface area contributed by atoms with Crippen molar-refractivity contribution in [2.75, 3.05) is 58.1 Å². The van der Waals surface area contributed by atoms with Crippen LogP contribution in [-0.4, -0.2) is 64.2 Å². The lowest BCUT2D eigenvalue weighted by atomic mass is 9.78. The van der Waals surface area contributed by atoms with E-state index in [1.807, 2.05) is 14.1 Å². The second-order valence-corrected chi connectivity index (χ2v) is 6.78. The minimum atomic E-state index is -0.488. The Bertz CT molecular complexity index is 585. The summed E-state index contributed by atoms with van der Waals surface area (Å²) in [4.78, 5) is 26.3. The van der Waals surface area contributed by atoms with E-state index in [0.29, 0.717) is 24.5 Å². The van der Waals surface area contributed by atoms with Gasteiger partial charge in [0.1, 0.15) is 0 Å². The molecule has 0 radical (unpaired) electrons. The van der Waals surface area contributed by atoms with E-state index >= 15 is 0 Å². The molecule has 1 aliphatic heterocycles. The molecule has 1 heterocycles. The molecule has 2 rings (SSSR count). The molecule has 0 unspecified atom stereocenters. The van der Waals surface area contributed by atoms with Gasteiger partial charge in [-0.3, -0.25) is 9.59 Å². The number of halogens is 2. The fourth-order valence-electron chi connectivity index (χ4n) is 3.01. The molecule has 1 aromatic carbocycles. The lowest BCUT2D eigenvalue weighted by Crippen LogP contribution is -2.47. The first-order valence-electron chi connectivity index (χ1n) is 8.51. The van der Waals surface area contributed by atoms with E-state index in [1.165, 1.54) is 0 Å². The molecule has 1 fully saturated rings. The highest BCUT2D eigenvalue weighted by molar-refractivity contribution is 5.96. The Kier molecular flexibility index (Phi) is 11.5. The first-order valence-corrected chi connectivity index (χ1v) is 8.51. The van der Waals surface area contributed by atoms with Crippen molar-refractivity contribution >= 4 is 48.0 Å². The van der Waals surface area contributed by atoms with E-state index in [2.05, 4.69) is 16.0 Å². The Balaban J connectivity index is 0.00000338. The Hall–Kier alpha value is -1.38. The van der Waals surface area contributed by atoms with Crippen LogP contribution in [0.1, 0.15) is 12.8 Å². The van der Waals surface area contributed by atoms with Crippen molar-refractivity contribution in [2.45, 2.75) is 12.8 Å². The summed E-state index contributed by atoms with van der Waals surface area (Å²) in [6.45, 7) is 2.37. The number of nitrogens with one attached hydrogen (secondary N) is 3. The molecule has 0 aliphatic carbocycles. The molecule has 2 amide bonds. The molecule has 9 heteroatoms. The number of hydrogen-bond donors (Lipinski definition) is 3. The lowest BCUT2D eigenvalue weighted by molar-refractivity contribution is -0.130. The zero-order chi connectivity index (χ0) is 18.3. The van der Waals surface area contributed by atoms with E-state index in [4.69, 9.17) is 4.74 Å². The van der Waals surface area contributed by atoms with E-state index in [0.717, 1.165) is 25.9 Å². The van der Waals surface area contributed by atoms with Crippen LogP contribution >= 0.6 is 24.8 Å². The van der Waals surface area contributed by atoms with Gasteiger partial charge in [0.15, 0.2) is 0 Å². The topological polar surface area (TPSA) is 82.7 Å². The Morgan fingerprint density at radius 3 is 2.07 bits per heavy atom. The molecule has 0 bridgehead atoms. The summed E-state index contributed by atoms with van der Waals surface area (Å²) in [5.74, 6) is -0.0872. The van der Waals surface area contributed by atoms with Gasteiger partial charge >= 0.3 is 0 Å². The third-order valence-corrected chi connectivity index (χ3v) is 4.35. The van der Waals surface area contributed by atoms with E-state index in [9.17, 15) is 9.59 Å². The number of piperidine rings is 1. The number of benzene rings is 1. The van der Waals surface area contributed by atoms with Crippen molar-refractivity contribution in [3.05, 3.63) is 24.3 Å². The van der Waals surface area contributed by atoms with Crippen LogP contribution in [0.25, 0.3) is 0 Å². The van der Waals surface area contributed by atoms with Gasteiger partial charge in [-0.05, 0) is 64.3 Å². The summed E-state index contributed by atoms with van der Waals surface area (Å²) in [5, 5.41) is 9.08. The summed E-state index contributed by atoms with van der Waals surface area (Å²) in [5.41, 5.74) is 0.932. The largest absolute Gasteiger partial charge is 0.384 e. The number of rotatable bonds is 7. The van der Waals surface area contributed by atoms with Crippen molar-refractivity contribution in [1.29, 1.82) is 0 Å². The fourth-order valence-corrected chi connectivity index (χ4v) is 3.01. The Morgan fingerprint density at radius 1 is 1.07 bits per heavy atom. The first kappa shape index (κ1) is 25.6. The van der Waals surface area contributed by atoms with Gasteiger partial charge in [0, 0.05) is 18.5 Å². The smallest absolute Gasteiger partial charge is 0.238 e. The van der Waals surface area contributed by atoms with Crippen LogP contribution in [0, 0.1) is 5.41 Å². The quantitative estimate of drug-likeness (QED) is 0.627. The van der Waals surface area contributed by atoms with Gasteiger partial charge < -0.3 is 25.6 Å².